The summed E-state index contributed by atoms with van der Waals surface area (Å²) >= 11 is 0. The first-order valence-electron chi connectivity index (χ1n) is 4.93. The molecule has 2 heteroatoms. The van der Waals surface area contributed by atoms with Crippen molar-refractivity contribution in [3.63, 3.8) is 0 Å². The highest BCUT2D eigenvalue weighted by Gasteiger charge is 2.45. The average molecular weight is 167 g/mol. The minimum Gasteiger partial charge on any atom is -0.302 e. The van der Waals surface area contributed by atoms with Crippen molar-refractivity contribution in [2.75, 3.05) is 19.6 Å². The summed E-state index contributed by atoms with van der Waals surface area (Å²) in [7, 11) is 0. The lowest BCUT2D eigenvalue weighted by Crippen LogP contribution is -2.56. The van der Waals surface area contributed by atoms with Gasteiger partial charge in [-0.25, -0.2) is 0 Å². The van der Waals surface area contributed by atoms with Gasteiger partial charge in [-0.1, -0.05) is 13.8 Å². The Balaban J connectivity index is 1.86. The van der Waals surface area contributed by atoms with E-state index in [9.17, 15) is 4.79 Å². The molecule has 3 aliphatic rings. The van der Waals surface area contributed by atoms with Crippen molar-refractivity contribution in [3.05, 3.63) is 0 Å². The molecule has 1 saturated carbocycles. The summed E-state index contributed by atoms with van der Waals surface area (Å²) in [6.45, 7) is 7.71. The van der Waals surface area contributed by atoms with Gasteiger partial charge in [-0.2, -0.15) is 0 Å². The summed E-state index contributed by atoms with van der Waals surface area (Å²) < 4.78 is 0. The summed E-state index contributed by atoms with van der Waals surface area (Å²) in [6.07, 6.45) is 1.17. The molecule has 0 aromatic rings. The van der Waals surface area contributed by atoms with E-state index in [1.807, 2.05) is 0 Å². The van der Waals surface area contributed by atoms with Crippen LogP contribution in [0.4, 0.5) is 0 Å². The van der Waals surface area contributed by atoms with Gasteiger partial charge in [0.1, 0.15) is 5.78 Å². The zero-order chi connectivity index (χ0) is 8.72. The Morgan fingerprint density at radius 2 is 2.00 bits per heavy atom. The third kappa shape index (κ3) is 1.28. The molecule has 2 unspecified atom stereocenters. The second kappa shape index (κ2) is 2.84. The van der Waals surface area contributed by atoms with E-state index in [0.29, 0.717) is 17.6 Å². The summed E-state index contributed by atoms with van der Waals surface area (Å²) in [4.78, 5) is 13.7. The topological polar surface area (TPSA) is 20.3 Å². The van der Waals surface area contributed by atoms with E-state index in [1.54, 1.807) is 0 Å². The normalized spacial score (nSPS) is 35.4. The van der Waals surface area contributed by atoms with Crippen molar-refractivity contribution in [3.8, 4) is 0 Å². The van der Waals surface area contributed by atoms with E-state index in [2.05, 4.69) is 18.7 Å². The van der Waals surface area contributed by atoms with Crippen LogP contribution >= 0.6 is 0 Å². The van der Waals surface area contributed by atoms with Gasteiger partial charge >= 0.3 is 0 Å². The molecule has 0 spiro atoms. The Morgan fingerprint density at radius 3 is 2.42 bits per heavy atom. The number of hydrogen-bond donors (Lipinski definition) is 0. The van der Waals surface area contributed by atoms with Crippen LogP contribution in [0.5, 0.6) is 0 Å². The Kier molecular flexibility index (Phi) is 1.95. The first-order chi connectivity index (χ1) is 5.66. The maximum atomic E-state index is 11.2. The summed E-state index contributed by atoms with van der Waals surface area (Å²) in [5.74, 6) is 2.08. The zero-order valence-corrected chi connectivity index (χ0v) is 7.92. The van der Waals surface area contributed by atoms with E-state index >= 15 is 0 Å². The summed E-state index contributed by atoms with van der Waals surface area (Å²) in [6, 6.07) is 0. The Hall–Kier alpha value is -0.370. The molecule has 2 aliphatic heterocycles. The molecular weight excluding hydrogens is 150 g/mol. The summed E-state index contributed by atoms with van der Waals surface area (Å²) in [5, 5.41) is 0. The predicted octanol–water partition coefficient (Wildman–Crippen LogP) is 1.16. The molecule has 2 atom stereocenters. The number of hydrogen-bond acceptors (Lipinski definition) is 2. The quantitative estimate of drug-likeness (QED) is 0.615. The Labute approximate surface area is 73.9 Å². The second-order valence-electron chi connectivity index (χ2n) is 4.64. The zero-order valence-electron chi connectivity index (χ0n) is 7.92. The molecule has 3 fully saturated rings. The van der Waals surface area contributed by atoms with Crippen molar-refractivity contribution >= 4 is 5.78 Å². The number of carbonyl (C=O) groups excluding carboxylic acids is 1. The van der Waals surface area contributed by atoms with Crippen molar-refractivity contribution < 1.29 is 4.79 Å². The van der Waals surface area contributed by atoms with Crippen LogP contribution < -0.4 is 0 Å². The van der Waals surface area contributed by atoms with Crippen molar-refractivity contribution in [1.82, 2.24) is 4.90 Å². The maximum absolute atomic E-state index is 11.2. The number of Topliss-reactive ketones (excluding diaryl/α,β-unsaturated/α-hetero) is 1. The third-order valence-corrected chi connectivity index (χ3v) is 2.95. The van der Waals surface area contributed by atoms with Gasteiger partial charge in [0.2, 0.25) is 0 Å². The van der Waals surface area contributed by atoms with Crippen molar-refractivity contribution in [2.45, 2.75) is 20.3 Å². The molecule has 68 valence electrons. The third-order valence-electron chi connectivity index (χ3n) is 2.95. The van der Waals surface area contributed by atoms with Gasteiger partial charge in [0, 0.05) is 31.5 Å². The van der Waals surface area contributed by atoms with Crippen LogP contribution in [0.15, 0.2) is 0 Å². The fourth-order valence-corrected chi connectivity index (χ4v) is 2.44. The summed E-state index contributed by atoms with van der Waals surface area (Å²) in [5.41, 5.74) is 0. The lowest BCUT2D eigenvalue weighted by atomic mass is 9.69. The van der Waals surface area contributed by atoms with Crippen LogP contribution in [0.3, 0.4) is 0 Å². The molecule has 1 aliphatic carbocycles. The molecule has 0 aromatic carbocycles. The Morgan fingerprint density at radius 1 is 1.42 bits per heavy atom. The molecule has 2 saturated heterocycles. The van der Waals surface area contributed by atoms with Crippen LogP contribution in [0.2, 0.25) is 0 Å². The van der Waals surface area contributed by atoms with Gasteiger partial charge in [-0.05, 0) is 12.3 Å². The lowest BCUT2D eigenvalue weighted by molar-refractivity contribution is -0.143. The molecule has 0 N–H and O–H groups in total. The molecule has 0 radical (unpaired) electrons. The molecule has 2 heterocycles. The largest absolute Gasteiger partial charge is 0.302 e. The van der Waals surface area contributed by atoms with E-state index in [1.165, 1.54) is 13.0 Å². The van der Waals surface area contributed by atoms with Crippen LogP contribution in [-0.2, 0) is 4.79 Å². The SMILES string of the molecule is CC(C)CN1CC2CC(C1)C2=O. The van der Waals surface area contributed by atoms with Gasteiger partial charge in [-0.3, -0.25) is 4.79 Å². The first kappa shape index (κ1) is 8.24. The van der Waals surface area contributed by atoms with Gasteiger partial charge < -0.3 is 4.90 Å². The maximum Gasteiger partial charge on any atom is 0.141 e. The fourth-order valence-electron chi connectivity index (χ4n) is 2.44. The highest BCUT2D eigenvalue weighted by atomic mass is 16.1. The standard InChI is InChI=1S/C10H17NO/c1-7(2)4-11-5-8-3-9(6-11)10(8)12/h7-9H,3-6H2,1-2H3. The number of rotatable bonds is 2. The average Bonchev–Trinajstić information content (AvgIpc) is 2.02. The van der Waals surface area contributed by atoms with Gasteiger partial charge in [-0.15, -0.1) is 0 Å². The smallest absolute Gasteiger partial charge is 0.141 e. The lowest BCUT2D eigenvalue weighted by Gasteiger charge is -2.46. The predicted molar refractivity (Wildman–Crippen MR) is 47.9 cm³/mol. The fraction of sp³-hybridized carbons (Fsp3) is 0.900. The molecule has 3 rings (SSSR count). The number of piperidine rings is 2. The van der Waals surface area contributed by atoms with E-state index in [-0.39, 0.29) is 0 Å². The Bertz CT molecular complexity index is 186. The number of ketones is 1. The molecule has 0 amide bonds. The molecule has 2 bridgehead atoms. The van der Waals surface area contributed by atoms with E-state index in [0.717, 1.165) is 19.0 Å². The van der Waals surface area contributed by atoms with Crippen LogP contribution in [-0.4, -0.2) is 30.3 Å². The van der Waals surface area contributed by atoms with Crippen molar-refractivity contribution in [2.24, 2.45) is 17.8 Å². The second-order valence-corrected chi connectivity index (χ2v) is 4.64. The van der Waals surface area contributed by atoms with Gasteiger partial charge in [0.05, 0.1) is 0 Å². The highest BCUT2D eigenvalue weighted by molar-refractivity contribution is 5.90. The number of carbonyl (C=O) groups is 1. The van der Waals surface area contributed by atoms with Crippen LogP contribution in [0.1, 0.15) is 20.3 Å². The van der Waals surface area contributed by atoms with Crippen molar-refractivity contribution in [1.29, 1.82) is 0 Å². The molecule has 2 nitrogen and oxygen atoms in total. The number of fused-ring (bicyclic) bond motifs is 2. The minimum atomic E-state index is 0.405. The van der Waals surface area contributed by atoms with Gasteiger partial charge in [0.15, 0.2) is 0 Å². The van der Waals surface area contributed by atoms with Gasteiger partial charge in [0.25, 0.3) is 0 Å². The first-order valence-corrected chi connectivity index (χ1v) is 4.93. The minimum absolute atomic E-state index is 0.405. The van der Waals surface area contributed by atoms with E-state index < -0.39 is 0 Å². The molecule has 12 heavy (non-hydrogen) atoms. The van der Waals surface area contributed by atoms with Crippen LogP contribution in [0, 0.1) is 17.8 Å². The molecule has 0 aromatic heterocycles. The highest BCUT2D eigenvalue weighted by Crippen LogP contribution is 2.36. The van der Waals surface area contributed by atoms with E-state index in [4.69, 9.17) is 0 Å². The molecular formula is C10H17NO. The van der Waals surface area contributed by atoms with Crippen LogP contribution in [0.25, 0.3) is 0 Å². The monoisotopic (exact) mass is 167 g/mol. The number of nitrogens with zero attached hydrogens (tertiary/aromatic N) is 1.